The van der Waals surface area contributed by atoms with Gasteiger partial charge in [-0.15, -0.1) is 0 Å². The second-order valence-electron chi connectivity index (χ2n) is 6.18. The van der Waals surface area contributed by atoms with Gasteiger partial charge in [0.05, 0.1) is 11.2 Å². The fourth-order valence-corrected chi connectivity index (χ4v) is 3.18. The number of aromatic amines is 1. The number of hydrogen-bond acceptors (Lipinski definition) is 2. The van der Waals surface area contributed by atoms with Crippen molar-refractivity contribution < 1.29 is 4.79 Å². The molecular formula is C21H19N3O. The standard InChI is InChI=1S/C21H19N3O/c1-14-20-17(16-9-5-6-10-18(16)24-20)13-19(23-14)21(25)22-12-11-15-7-3-2-4-8-15/h2-10,13,24H,11-12H2,1H3,(H,22,25). The summed E-state index contributed by atoms with van der Waals surface area (Å²) >= 11 is 0. The summed E-state index contributed by atoms with van der Waals surface area (Å²) < 4.78 is 0. The van der Waals surface area contributed by atoms with Gasteiger partial charge in [-0.3, -0.25) is 4.79 Å². The van der Waals surface area contributed by atoms with Crippen LogP contribution in [0.5, 0.6) is 0 Å². The van der Waals surface area contributed by atoms with E-state index in [0.717, 1.165) is 33.9 Å². The van der Waals surface area contributed by atoms with Gasteiger partial charge >= 0.3 is 0 Å². The Morgan fingerprint density at radius 2 is 1.80 bits per heavy atom. The van der Waals surface area contributed by atoms with Gasteiger partial charge in [-0.2, -0.15) is 0 Å². The summed E-state index contributed by atoms with van der Waals surface area (Å²) in [7, 11) is 0. The highest BCUT2D eigenvalue weighted by Gasteiger charge is 2.13. The molecule has 0 atom stereocenters. The molecule has 124 valence electrons. The predicted octanol–water partition coefficient (Wildman–Crippen LogP) is 4.00. The highest BCUT2D eigenvalue weighted by Crippen LogP contribution is 2.27. The van der Waals surface area contributed by atoms with Crippen LogP contribution in [0, 0.1) is 6.92 Å². The number of carbonyl (C=O) groups excluding carboxylic acids is 1. The van der Waals surface area contributed by atoms with E-state index in [0.29, 0.717) is 12.2 Å². The minimum absolute atomic E-state index is 0.133. The quantitative estimate of drug-likeness (QED) is 0.594. The van der Waals surface area contributed by atoms with Crippen LogP contribution in [-0.4, -0.2) is 22.4 Å². The van der Waals surface area contributed by atoms with Gasteiger partial charge < -0.3 is 10.3 Å². The van der Waals surface area contributed by atoms with Crippen LogP contribution < -0.4 is 5.32 Å². The Kier molecular flexibility index (Phi) is 3.94. The number of nitrogens with zero attached hydrogens (tertiary/aromatic N) is 1. The van der Waals surface area contributed by atoms with Crippen LogP contribution in [-0.2, 0) is 6.42 Å². The van der Waals surface area contributed by atoms with Gasteiger partial charge in [-0.25, -0.2) is 4.98 Å². The number of para-hydroxylation sites is 1. The number of pyridine rings is 1. The molecule has 0 aliphatic heterocycles. The van der Waals surface area contributed by atoms with E-state index in [4.69, 9.17) is 0 Å². The molecule has 2 N–H and O–H groups in total. The van der Waals surface area contributed by atoms with Crippen molar-refractivity contribution in [1.82, 2.24) is 15.3 Å². The van der Waals surface area contributed by atoms with Crippen LogP contribution in [0.25, 0.3) is 21.8 Å². The first-order valence-corrected chi connectivity index (χ1v) is 8.42. The molecule has 4 heteroatoms. The second kappa shape index (κ2) is 6.40. The monoisotopic (exact) mass is 329 g/mol. The molecule has 25 heavy (non-hydrogen) atoms. The highest BCUT2D eigenvalue weighted by atomic mass is 16.1. The van der Waals surface area contributed by atoms with Gasteiger partial charge in [0.15, 0.2) is 0 Å². The van der Waals surface area contributed by atoms with E-state index in [9.17, 15) is 4.79 Å². The molecule has 1 amide bonds. The number of amides is 1. The third-order valence-corrected chi connectivity index (χ3v) is 4.45. The van der Waals surface area contributed by atoms with Crippen LogP contribution in [0.15, 0.2) is 60.7 Å². The lowest BCUT2D eigenvalue weighted by molar-refractivity contribution is 0.0949. The number of carbonyl (C=O) groups is 1. The number of nitrogens with one attached hydrogen (secondary N) is 2. The Hall–Kier alpha value is -3.14. The average Bonchev–Trinajstić information content (AvgIpc) is 3.02. The summed E-state index contributed by atoms with van der Waals surface area (Å²) in [5.41, 5.74) is 4.55. The Morgan fingerprint density at radius 1 is 1.04 bits per heavy atom. The zero-order valence-electron chi connectivity index (χ0n) is 14.0. The molecule has 0 bridgehead atoms. The topological polar surface area (TPSA) is 57.8 Å². The molecule has 2 heterocycles. The van der Waals surface area contributed by atoms with E-state index in [1.165, 1.54) is 5.56 Å². The van der Waals surface area contributed by atoms with Crippen LogP contribution >= 0.6 is 0 Å². The van der Waals surface area contributed by atoms with Crippen molar-refractivity contribution in [1.29, 1.82) is 0 Å². The Morgan fingerprint density at radius 3 is 2.64 bits per heavy atom. The predicted molar refractivity (Wildman–Crippen MR) is 101 cm³/mol. The second-order valence-corrected chi connectivity index (χ2v) is 6.18. The van der Waals surface area contributed by atoms with Crippen molar-refractivity contribution in [2.75, 3.05) is 6.54 Å². The number of rotatable bonds is 4. The average molecular weight is 329 g/mol. The van der Waals surface area contributed by atoms with Crippen molar-refractivity contribution in [3.05, 3.63) is 77.6 Å². The molecule has 0 aliphatic rings. The Bertz CT molecular complexity index is 1050. The lowest BCUT2D eigenvalue weighted by Gasteiger charge is -2.06. The largest absolute Gasteiger partial charge is 0.353 e. The lowest BCUT2D eigenvalue weighted by atomic mass is 10.1. The minimum Gasteiger partial charge on any atom is -0.353 e. The van der Waals surface area contributed by atoms with Gasteiger partial charge in [-0.1, -0.05) is 48.5 Å². The van der Waals surface area contributed by atoms with Gasteiger partial charge in [-0.05, 0) is 31.0 Å². The number of hydrogen-bond donors (Lipinski definition) is 2. The molecule has 0 fully saturated rings. The van der Waals surface area contributed by atoms with E-state index in [1.807, 2.05) is 49.4 Å². The minimum atomic E-state index is -0.133. The zero-order valence-corrected chi connectivity index (χ0v) is 14.0. The summed E-state index contributed by atoms with van der Waals surface area (Å²) in [5.74, 6) is -0.133. The van der Waals surface area contributed by atoms with Crippen LogP contribution in [0.2, 0.25) is 0 Å². The number of H-pyrrole nitrogens is 1. The fraction of sp³-hybridized carbons (Fsp3) is 0.143. The molecule has 4 aromatic rings. The van der Waals surface area contributed by atoms with Crippen LogP contribution in [0.3, 0.4) is 0 Å². The lowest BCUT2D eigenvalue weighted by Crippen LogP contribution is -2.26. The Balaban J connectivity index is 1.58. The fourth-order valence-electron chi connectivity index (χ4n) is 3.18. The molecule has 0 radical (unpaired) electrons. The van der Waals surface area contributed by atoms with Gasteiger partial charge in [0.25, 0.3) is 5.91 Å². The smallest absolute Gasteiger partial charge is 0.269 e. The summed E-state index contributed by atoms with van der Waals surface area (Å²) in [5, 5.41) is 5.12. The highest BCUT2D eigenvalue weighted by molar-refractivity contribution is 6.10. The molecule has 0 saturated heterocycles. The van der Waals surface area contributed by atoms with E-state index < -0.39 is 0 Å². The summed E-state index contributed by atoms with van der Waals surface area (Å²) in [4.78, 5) is 20.4. The molecule has 0 spiro atoms. The normalized spacial score (nSPS) is 11.1. The van der Waals surface area contributed by atoms with E-state index in [1.54, 1.807) is 0 Å². The first-order chi connectivity index (χ1) is 12.2. The van der Waals surface area contributed by atoms with E-state index >= 15 is 0 Å². The molecule has 0 aliphatic carbocycles. The summed E-state index contributed by atoms with van der Waals surface area (Å²) in [6.45, 7) is 2.52. The van der Waals surface area contributed by atoms with Crippen LogP contribution in [0.4, 0.5) is 0 Å². The summed E-state index contributed by atoms with van der Waals surface area (Å²) in [6, 6.07) is 20.1. The molecule has 0 saturated carbocycles. The molecule has 2 aromatic carbocycles. The molecule has 4 rings (SSSR count). The number of benzene rings is 2. The van der Waals surface area contributed by atoms with E-state index in [-0.39, 0.29) is 5.91 Å². The third-order valence-electron chi connectivity index (χ3n) is 4.45. The third kappa shape index (κ3) is 2.98. The summed E-state index contributed by atoms with van der Waals surface area (Å²) in [6.07, 6.45) is 0.806. The maximum atomic E-state index is 12.5. The van der Waals surface area contributed by atoms with Crippen molar-refractivity contribution >= 4 is 27.7 Å². The Labute approximate surface area is 145 Å². The van der Waals surface area contributed by atoms with Crippen molar-refractivity contribution in [2.24, 2.45) is 0 Å². The first-order valence-electron chi connectivity index (χ1n) is 8.42. The number of aryl methyl sites for hydroxylation is 1. The van der Waals surface area contributed by atoms with Crippen molar-refractivity contribution in [3.63, 3.8) is 0 Å². The van der Waals surface area contributed by atoms with Gasteiger partial charge in [0.2, 0.25) is 0 Å². The van der Waals surface area contributed by atoms with Crippen molar-refractivity contribution in [2.45, 2.75) is 13.3 Å². The molecule has 4 nitrogen and oxygen atoms in total. The number of fused-ring (bicyclic) bond motifs is 3. The maximum absolute atomic E-state index is 12.5. The van der Waals surface area contributed by atoms with Gasteiger partial charge in [0.1, 0.15) is 5.69 Å². The molecule has 0 unspecified atom stereocenters. The molecular weight excluding hydrogens is 310 g/mol. The van der Waals surface area contributed by atoms with E-state index in [2.05, 4.69) is 33.5 Å². The maximum Gasteiger partial charge on any atom is 0.269 e. The zero-order chi connectivity index (χ0) is 17.2. The SMILES string of the molecule is Cc1nc(C(=O)NCCc2ccccc2)cc2c1[nH]c1ccccc12. The van der Waals surface area contributed by atoms with Gasteiger partial charge in [0, 0.05) is 22.8 Å². The number of aromatic nitrogens is 2. The molecule has 2 aromatic heterocycles. The first kappa shape index (κ1) is 15.4. The van der Waals surface area contributed by atoms with Crippen LogP contribution in [0.1, 0.15) is 21.7 Å². The van der Waals surface area contributed by atoms with Crippen molar-refractivity contribution in [3.8, 4) is 0 Å².